The van der Waals surface area contributed by atoms with E-state index in [1.165, 1.54) is 0 Å². The third kappa shape index (κ3) is 2.05. The Labute approximate surface area is 114 Å². The van der Waals surface area contributed by atoms with E-state index in [-0.39, 0.29) is 6.42 Å². The van der Waals surface area contributed by atoms with Crippen LogP contribution in [-0.2, 0) is 6.42 Å². The zero-order valence-corrected chi connectivity index (χ0v) is 10.7. The number of rotatable bonds is 2. The van der Waals surface area contributed by atoms with Gasteiger partial charge in [-0.05, 0) is 18.2 Å². The van der Waals surface area contributed by atoms with E-state index >= 15 is 0 Å². The molecule has 2 aromatic heterocycles. The molecule has 0 radical (unpaired) electrons. The van der Waals surface area contributed by atoms with Crippen LogP contribution in [-0.4, -0.2) is 14.6 Å². The zero-order valence-electron chi connectivity index (χ0n) is 9.92. The molecule has 0 saturated carbocycles. The number of aromatic nitrogens is 3. The van der Waals surface area contributed by atoms with E-state index in [9.17, 15) is 0 Å². The Morgan fingerprint density at radius 1 is 1.26 bits per heavy atom. The largest absolute Gasteiger partial charge is 0.237 e. The van der Waals surface area contributed by atoms with Gasteiger partial charge in [-0.25, -0.2) is 9.50 Å². The molecule has 2 heterocycles. The average molecular weight is 269 g/mol. The average Bonchev–Trinajstić information content (AvgIpc) is 2.79. The van der Waals surface area contributed by atoms with Gasteiger partial charge in [0.2, 0.25) is 0 Å². The molecule has 3 aromatic rings. The zero-order chi connectivity index (χ0) is 13.2. The normalized spacial score (nSPS) is 10.5. The van der Waals surface area contributed by atoms with E-state index in [0.717, 1.165) is 16.8 Å². The van der Waals surface area contributed by atoms with E-state index in [0.29, 0.717) is 10.7 Å². The standard InChI is InChI=1S/C14H9ClN4/c15-11-4-2-10(3-5-11)13-12(6-7-16)14-17-8-1-9-19(14)18-13/h1-5,8-9H,6H2. The van der Waals surface area contributed by atoms with E-state index in [1.54, 1.807) is 10.7 Å². The molecule has 0 aliphatic rings. The predicted octanol–water partition coefficient (Wildman–Crippen LogP) is 3.12. The molecule has 0 bridgehead atoms. The summed E-state index contributed by atoms with van der Waals surface area (Å²) in [6.45, 7) is 0. The van der Waals surface area contributed by atoms with E-state index < -0.39 is 0 Å². The monoisotopic (exact) mass is 268 g/mol. The van der Waals surface area contributed by atoms with Crippen LogP contribution in [0.15, 0.2) is 42.7 Å². The summed E-state index contributed by atoms with van der Waals surface area (Å²) in [5, 5.41) is 14.1. The van der Waals surface area contributed by atoms with Crippen LogP contribution < -0.4 is 0 Å². The summed E-state index contributed by atoms with van der Waals surface area (Å²) < 4.78 is 1.69. The molecule has 0 aliphatic carbocycles. The summed E-state index contributed by atoms with van der Waals surface area (Å²) in [7, 11) is 0. The van der Waals surface area contributed by atoms with Crippen molar-refractivity contribution in [2.45, 2.75) is 6.42 Å². The lowest BCUT2D eigenvalue weighted by Crippen LogP contribution is -1.88. The molecule has 0 aliphatic heterocycles. The molecule has 19 heavy (non-hydrogen) atoms. The molecular weight excluding hydrogens is 260 g/mol. The maximum atomic E-state index is 8.98. The van der Waals surface area contributed by atoms with Gasteiger partial charge >= 0.3 is 0 Å². The summed E-state index contributed by atoms with van der Waals surface area (Å²) in [5.41, 5.74) is 3.26. The fraction of sp³-hybridized carbons (Fsp3) is 0.0714. The smallest absolute Gasteiger partial charge is 0.159 e. The van der Waals surface area contributed by atoms with E-state index in [4.69, 9.17) is 16.9 Å². The van der Waals surface area contributed by atoms with Gasteiger partial charge in [-0.15, -0.1) is 0 Å². The molecule has 0 spiro atoms. The number of hydrogen-bond donors (Lipinski definition) is 0. The third-order valence-corrected chi connectivity index (χ3v) is 3.12. The number of hydrogen-bond acceptors (Lipinski definition) is 3. The molecule has 0 atom stereocenters. The van der Waals surface area contributed by atoms with Crippen molar-refractivity contribution < 1.29 is 0 Å². The summed E-state index contributed by atoms with van der Waals surface area (Å²) >= 11 is 5.89. The maximum Gasteiger partial charge on any atom is 0.159 e. The van der Waals surface area contributed by atoms with Crippen LogP contribution in [0, 0.1) is 11.3 Å². The SMILES string of the molecule is N#CCc1c(-c2ccc(Cl)cc2)nn2cccnc12. The van der Waals surface area contributed by atoms with Crippen molar-refractivity contribution in [1.29, 1.82) is 5.26 Å². The summed E-state index contributed by atoms with van der Waals surface area (Å²) in [4.78, 5) is 4.29. The van der Waals surface area contributed by atoms with Gasteiger partial charge in [-0.2, -0.15) is 10.4 Å². The van der Waals surface area contributed by atoms with Crippen molar-refractivity contribution in [1.82, 2.24) is 14.6 Å². The second-order valence-corrected chi connectivity index (χ2v) is 4.49. The second kappa shape index (κ2) is 4.71. The minimum atomic E-state index is 0.276. The molecule has 92 valence electrons. The van der Waals surface area contributed by atoms with Gasteiger partial charge in [0.1, 0.15) is 0 Å². The molecule has 1 aromatic carbocycles. The van der Waals surface area contributed by atoms with Crippen LogP contribution in [0.4, 0.5) is 0 Å². The minimum Gasteiger partial charge on any atom is -0.237 e. The van der Waals surface area contributed by atoms with Crippen molar-refractivity contribution in [2.24, 2.45) is 0 Å². The van der Waals surface area contributed by atoms with Gasteiger partial charge < -0.3 is 0 Å². The molecule has 4 nitrogen and oxygen atoms in total. The Bertz CT molecular complexity index is 768. The van der Waals surface area contributed by atoms with E-state index in [1.807, 2.05) is 36.5 Å². The Kier molecular flexibility index (Phi) is 2.90. The third-order valence-electron chi connectivity index (χ3n) is 2.86. The molecule has 0 saturated heterocycles. The Hall–Kier alpha value is -2.38. The highest BCUT2D eigenvalue weighted by atomic mass is 35.5. The molecule has 0 unspecified atom stereocenters. The van der Waals surface area contributed by atoms with Gasteiger partial charge in [0.05, 0.1) is 18.2 Å². The fourth-order valence-electron chi connectivity index (χ4n) is 2.02. The quantitative estimate of drug-likeness (QED) is 0.717. The summed E-state index contributed by atoms with van der Waals surface area (Å²) in [5.74, 6) is 0. The van der Waals surface area contributed by atoms with Gasteiger partial charge in [0, 0.05) is 28.5 Å². The van der Waals surface area contributed by atoms with Gasteiger partial charge in [0.15, 0.2) is 5.65 Å². The highest BCUT2D eigenvalue weighted by Gasteiger charge is 2.14. The first kappa shape index (κ1) is 11.7. The van der Waals surface area contributed by atoms with Gasteiger partial charge in [-0.1, -0.05) is 23.7 Å². The van der Waals surface area contributed by atoms with Crippen LogP contribution >= 0.6 is 11.6 Å². The van der Waals surface area contributed by atoms with Crippen LogP contribution in [0.2, 0.25) is 5.02 Å². The first-order valence-electron chi connectivity index (χ1n) is 5.74. The van der Waals surface area contributed by atoms with Crippen molar-refractivity contribution >= 4 is 17.2 Å². The highest BCUT2D eigenvalue weighted by Crippen LogP contribution is 2.26. The second-order valence-electron chi connectivity index (χ2n) is 4.06. The molecule has 5 heteroatoms. The van der Waals surface area contributed by atoms with Crippen molar-refractivity contribution in [3.05, 3.63) is 53.3 Å². The molecular formula is C14H9ClN4. The maximum absolute atomic E-state index is 8.98. The minimum absolute atomic E-state index is 0.276. The topological polar surface area (TPSA) is 54.0 Å². The lowest BCUT2D eigenvalue weighted by Gasteiger charge is -1.99. The van der Waals surface area contributed by atoms with Crippen molar-refractivity contribution in [3.8, 4) is 17.3 Å². The van der Waals surface area contributed by atoms with Crippen LogP contribution in [0.1, 0.15) is 5.56 Å². The van der Waals surface area contributed by atoms with Gasteiger partial charge in [0.25, 0.3) is 0 Å². The van der Waals surface area contributed by atoms with Crippen molar-refractivity contribution in [2.75, 3.05) is 0 Å². The number of halogens is 1. The molecule has 3 rings (SSSR count). The number of nitrogens with zero attached hydrogens (tertiary/aromatic N) is 4. The lowest BCUT2D eigenvalue weighted by atomic mass is 10.1. The Morgan fingerprint density at radius 2 is 2.05 bits per heavy atom. The number of benzene rings is 1. The van der Waals surface area contributed by atoms with E-state index in [2.05, 4.69) is 16.2 Å². The van der Waals surface area contributed by atoms with Gasteiger partial charge in [-0.3, -0.25) is 0 Å². The predicted molar refractivity (Wildman–Crippen MR) is 72.8 cm³/mol. The molecule has 0 amide bonds. The first-order chi connectivity index (χ1) is 9.29. The first-order valence-corrected chi connectivity index (χ1v) is 6.12. The fourth-order valence-corrected chi connectivity index (χ4v) is 2.14. The number of nitriles is 1. The number of fused-ring (bicyclic) bond motifs is 1. The highest BCUT2D eigenvalue weighted by molar-refractivity contribution is 6.30. The summed E-state index contributed by atoms with van der Waals surface area (Å²) in [6.07, 6.45) is 3.80. The summed E-state index contributed by atoms with van der Waals surface area (Å²) in [6, 6.07) is 11.4. The van der Waals surface area contributed by atoms with Crippen LogP contribution in [0.25, 0.3) is 16.9 Å². The van der Waals surface area contributed by atoms with Crippen LogP contribution in [0.5, 0.6) is 0 Å². The van der Waals surface area contributed by atoms with Crippen molar-refractivity contribution in [3.63, 3.8) is 0 Å². The Morgan fingerprint density at radius 3 is 2.79 bits per heavy atom. The lowest BCUT2D eigenvalue weighted by molar-refractivity contribution is 0.943. The molecule has 0 N–H and O–H groups in total. The van der Waals surface area contributed by atoms with Crippen LogP contribution in [0.3, 0.4) is 0 Å². The Balaban J connectivity index is 2.25. The molecule has 0 fully saturated rings.